The van der Waals surface area contributed by atoms with Gasteiger partial charge in [0.1, 0.15) is 0 Å². The van der Waals surface area contributed by atoms with Crippen LogP contribution in [0.2, 0.25) is 0 Å². The Morgan fingerprint density at radius 3 is 2.00 bits per heavy atom. The molecule has 1 aliphatic rings. The lowest BCUT2D eigenvalue weighted by atomic mass is 10.1. The van der Waals surface area contributed by atoms with Crippen LogP contribution >= 0.6 is 0 Å². The maximum absolute atomic E-state index is 5.02. The first-order valence-corrected chi connectivity index (χ1v) is 5.48. The molecular formula is C11H16N4O2. The molecule has 0 bridgehead atoms. The summed E-state index contributed by atoms with van der Waals surface area (Å²) in [5.74, 6) is 0.598. The first-order valence-electron chi connectivity index (χ1n) is 5.48. The molecular weight excluding hydrogens is 220 g/mol. The highest BCUT2D eigenvalue weighted by molar-refractivity contribution is 5.34. The van der Waals surface area contributed by atoms with Gasteiger partial charge in [0.25, 0.3) is 0 Å². The molecule has 17 heavy (non-hydrogen) atoms. The zero-order chi connectivity index (χ0) is 12.3. The molecule has 6 heteroatoms. The third kappa shape index (κ3) is 2.64. The van der Waals surface area contributed by atoms with Crippen molar-refractivity contribution >= 4 is 5.95 Å². The van der Waals surface area contributed by atoms with E-state index in [0.717, 1.165) is 25.9 Å². The molecule has 1 aromatic rings. The van der Waals surface area contributed by atoms with Crippen molar-refractivity contribution in [2.75, 3.05) is 32.2 Å². The molecule has 1 saturated heterocycles. The Morgan fingerprint density at radius 2 is 1.53 bits per heavy atom. The highest BCUT2D eigenvalue weighted by Crippen LogP contribution is 2.21. The van der Waals surface area contributed by atoms with Crippen molar-refractivity contribution < 1.29 is 9.47 Å². The summed E-state index contributed by atoms with van der Waals surface area (Å²) in [5, 5.41) is 0. The van der Waals surface area contributed by atoms with Crippen LogP contribution in [-0.2, 0) is 0 Å². The molecule has 2 heterocycles. The summed E-state index contributed by atoms with van der Waals surface area (Å²) < 4.78 is 10.0. The largest absolute Gasteiger partial charge is 0.467 e. The fourth-order valence-corrected chi connectivity index (χ4v) is 1.67. The summed E-state index contributed by atoms with van der Waals surface area (Å²) >= 11 is 0. The van der Waals surface area contributed by atoms with E-state index < -0.39 is 0 Å². The Labute approximate surface area is 100 Å². The predicted octanol–water partition coefficient (Wildman–Crippen LogP) is 1.05. The van der Waals surface area contributed by atoms with Crippen LogP contribution in [0.5, 0.6) is 12.0 Å². The Morgan fingerprint density at radius 1 is 1.00 bits per heavy atom. The zero-order valence-electron chi connectivity index (χ0n) is 10.1. The van der Waals surface area contributed by atoms with Crippen LogP contribution in [0.1, 0.15) is 12.8 Å². The van der Waals surface area contributed by atoms with Crippen molar-refractivity contribution in [2.24, 2.45) is 0 Å². The van der Waals surface area contributed by atoms with E-state index >= 15 is 0 Å². The molecule has 1 aliphatic heterocycles. The molecule has 0 radical (unpaired) electrons. The molecule has 0 atom stereocenters. The highest BCUT2D eigenvalue weighted by Gasteiger charge is 2.18. The number of hydrogen-bond donors (Lipinski definition) is 0. The van der Waals surface area contributed by atoms with Crippen molar-refractivity contribution in [1.82, 2.24) is 15.0 Å². The maximum Gasteiger partial charge on any atom is 0.324 e. The minimum Gasteiger partial charge on any atom is -0.467 e. The molecule has 92 valence electrons. The lowest BCUT2D eigenvalue weighted by Crippen LogP contribution is -2.32. The van der Waals surface area contributed by atoms with Gasteiger partial charge in [-0.15, -0.1) is 4.98 Å². The average molecular weight is 236 g/mol. The monoisotopic (exact) mass is 236 g/mol. The van der Waals surface area contributed by atoms with Gasteiger partial charge in [-0.05, 0) is 12.8 Å². The van der Waals surface area contributed by atoms with E-state index in [2.05, 4.69) is 26.4 Å². The Bertz CT molecular complexity index is 390. The van der Waals surface area contributed by atoms with Crippen LogP contribution in [0.25, 0.3) is 0 Å². The third-order valence-electron chi connectivity index (χ3n) is 2.70. The van der Waals surface area contributed by atoms with Gasteiger partial charge in [0.15, 0.2) is 0 Å². The molecule has 0 amide bonds. The Balaban J connectivity index is 2.22. The second-order valence-electron chi connectivity index (χ2n) is 3.85. The van der Waals surface area contributed by atoms with Gasteiger partial charge >= 0.3 is 12.0 Å². The molecule has 6 nitrogen and oxygen atoms in total. The number of ether oxygens (including phenoxy) is 2. The molecule has 1 aromatic heterocycles. The second-order valence-corrected chi connectivity index (χ2v) is 3.85. The number of anilines is 1. The quantitative estimate of drug-likeness (QED) is 0.731. The molecule has 2 rings (SSSR count). The van der Waals surface area contributed by atoms with E-state index in [1.165, 1.54) is 19.8 Å². The van der Waals surface area contributed by atoms with Crippen molar-refractivity contribution in [3.05, 3.63) is 12.2 Å². The molecule has 0 spiro atoms. The number of rotatable bonds is 3. The lowest BCUT2D eigenvalue weighted by Gasteiger charge is -2.27. The maximum atomic E-state index is 5.02. The third-order valence-corrected chi connectivity index (χ3v) is 2.70. The summed E-state index contributed by atoms with van der Waals surface area (Å²) in [4.78, 5) is 14.5. The van der Waals surface area contributed by atoms with Crippen molar-refractivity contribution in [3.63, 3.8) is 0 Å². The summed E-state index contributed by atoms with van der Waals surface area (Å²) in [5.41, 5.74) is 1.27. The summed E-state index contributed by atoms with van der Waals surface area (Å²) in [6, 6.07) is 0.549. The first-order chi connectivity index (χ1) is 8.22. The first kappa shape index (κ1) is 11.6. The van der Waals surface area contributed by atoms with Crippen molar-refractivity contribution in [1.29, 1.82) is 0 Å². The summed E-state index contributed by atoms with van der Waals surface area (Å²) in [7, 11) is 3.05. The fourth-order valence-electron chi connectivity index (χ4n) is 1.67. The van der Waals surface area contributed by atoms with Crippen LogP contribution in [0.15, 0.2) is 12.2 Å². The predicted molar refractivity (Wildman–Crippen MR) is 63.5 cm³/mol. The van der Waals surface area contributed by atoms with Crippen LogP contribution in [-0.4, -0.2) is 42.3 Å². The van der Waals surface area contributed by atoms with Crippen molar-refractivity contribution in [2.45, 2.75) is 12.8 Å². The zero-order valence-corrected chi connectivity index (χ0v) is 10.1. The smallest absolute Gasteiger partial charge is 0.324 e. The molecule has 0 unspecified atom stereocenters. The number of methoxy groups -OCH3 is 2. The molecule has 1 fully saturated rings. The summed E-state index contributed by atoms with van der Waals surface area (Å²) in [6.45, 7) is 5.72. The minimum atomic E-state index is 0.274. The highest BCUT2D eigenvalue weighted by atomic mass is 16.5. The molecule has 0 N–H and O–H groups in total. The van der Waals surface area contributed by atoms with Gasteiger partial charge in [0.05, 0.1) is 14.2 Å². The van der Waals surface area contributed by atoms with E-state index in [1.807, 2.05) is 0 Å². The van der Waals surface area contributed by atoms with Gasteiger partial charge in [-0.25, -0.2) is 0 Å². The average Bonchev–Trinajstić information content (AvgIpc) is 2.39. The molecule has 0 aliphatic carbocycles. The summed E-state index contributed by atoms with van der Waals surface area (Å²) in [6.07, 6.45) is 1.94. The van der Waals surface area contributed by atoms with E-state index in [0.29, 0.717) is 5.95 Å². The second kappa shape index (κ2) is 4.99. The van der Waals surface area contributed by atoms with Gasteiger partial charge in [-0.3, -0.25) is 0 Å². The number of piperidine rings is 1. The normalized spacial score (nSPS) is 15.9. The topological polar surface area (TPSA) is 60.4 Å². The Hall–Kier alpha value is -1.85. The van der Waals surface area contributed by atoms with Crippen LogP contribution in [0.4, 0.5) is 5.95 Å². The SMILES string of the molecule is C=C1CCN(c2nc(OC)nc(OC)n2)CC1. The van der Waals surface area contributed by atoms with E-state index in [-0.39, 0.29) is 12.0 Å². The van der Waals surface area contributed by atoms with E-state index in [9.17, 15) is 0 Å². The lowest BCUT2D eigenvalue weighted by molar-refractivity contribution is 0.339. The number of hydrogen-bond acceptors (Lipinski definition) is 6. The van der Waals surface area contributed by atoms with Gasteiger partial charge in [0, 0.05) is 13.1 Å². The minimum absolute atomic E-state index is 0.274. The van der Waals surface area contributed by atoms with Gasteiger partial charge < -0.3 is 14.4 Å². The van der Waals surface area contributed by atoms with Gasteiger partial charge in [0.2, 0.25) is 5.95 Å². The fraction of sp³-hybridized carbons (Fsp3) is 0.545. The standard InChI is InChI=1S/C11H16N4O2/c1-8-4-6-15(7-5-8)9-12-10(16-2)14-11(13-9)17-3/h1,4-7H2,2-3H3. The number of aromatic nitrogens is 3. The van der Waals surface area contributed by atoms with E-state index in [4.69, 9.17) is 9.47 Å². The van der Waals surface area contributed by atoms with Gasteiger partial charge in [-0.1, -0.05) is 12.2 Å². The van der Waals surface area contributed by atoms with Crippen LogP contribution in [0.3, 0.4) is 0 Å². The van der Waals surface area contributed by atoms with E-state index in [1.54, 1.807) is 0 Å². The van der Waals surface area contributed by atoms with Crippen LogP contribution in [0, 0.1) is 0 Å². The van der Waals surface area contributed by atoms with Crippen LogP contribution < -0.4 is 14.4 Å². The van der Waals surface area contributed by atoms with Crippen molar-refractivity contribution in [3.8, 4) is 12.0 Å². The van der Waals surface area contributed by atoms with Gasteiger partial charge in [-0.2, -0.15) is 9.97 Å². The molecule has 0 aromatic carbocycles. The Kier molecular flexibility index (Phi) is 3.41. The number of nitrogens with zero attached hydrogens (tertiary/aromatic N) is 4. The molecule has 0 saturated carbocycles.